The van der Waals surface area contributed by atoms with Gasteiger partial charge in [-0.05, 0) is 55.3 Å². The van der Waals surface area contributed by atoms with Crippen LogP contribution in [0.25, 0.3) is 0 Å². The Labute approximate surface area is 239 Å². The monoisotopic (exact) mass is 594 g/mol. The van der Waals surface area contributed by atoms with Crippen LogP contribution in [0.3, 0.4) is 0 Å². The van der Waals surface area contributed by atoms with Crippen LogP contribution in [-0.4, -0.2) is 46.4 Å². The van der Waals surface area contributed by atoms with Crippen LogP contribution in [0.2, 0.25) is 0 Å². The Bertz CT molecular complexity index is 1690. The van der Waals surface area contributed by atoms with Gasteiger partial charge in [0.25, 0.3) is 5.91 Å². The predicted molar refractivity (Wildman–Crippen MR) is 155 cm³/mol. The fraction of sp³-hybridized carbons (Fsp3) is 0.172. The molecule has 0 fully saturated rings. The second-order valence-corrected chi connectivity index (χ2v) is 12.8. The topological polar surface area (TPSA) is 138 Å². The first kappa shape index (κ1) is 29.9. The summed E-state index contributed by atoms with van der Waals surface area (Å²) in [5, 5.41) is 3.87. The van der Waals surface area contributed by atoms with Crippen LogP contribution >= 0.6 is 0 Å². The van der Waals surface area contributed by atoms with Crippen molar-refractivity contribution in [1.82, 2.24) is 14.5 Å². The van der Waals surface area contributed by atoms with E-state index >= 15 is 0 Å². The number of hydrogen-bond acceptors (Lipinski definition) is 7. The Morgan fingerprint density at radius 1 is 0.854 bits per heavy atom. The lowest BCUT2D eigenvalue weighted by Gasteiger charge is -2.21. The number of nitrogens with zero attached hydrogens (tertiary/aromatic N) is 2. The molecule has 1 aromatic heterocycles. The van der Waals surface area contributed by atoms with Crippen LogP contribution in [0.1, 0.15) is 22.6 Å². The summed E-state index contributed by atoms with van der Waals surface area (Å²) in [4.78, 5) is 12.9. The Hall–Kier alpha value is -4.10. The maximum Gasteiger partial charge on any atom is 0.255 e. The Balaban J connectivity index is 1.35. The molecule has 0 atom stereocenters. The van der Waals surface area contributed by atoms with Crippen LogP contribution in [0.5, 0.6) is 0 Å². The number of hydrogen-bond donors (Lipinski definition) is 2. The lowest BCUT2D eigenvalue weighted by Crippen LogP contribution is -2.40. The van der Waals surface area contributed by atoms with Gasteiger partial charge < -0.3 is 4.42 Å². The standard InChI is InChI=1S/C29H30N4O6S2/c1-23-12-16-27(17-13-23)40(35,36)31-21-26-15-14-25(39-26)20-30-32-29(34)22-33(19-18-24-8-4-2-5-9-24)41(37,38)28-10-6-3-7-11-28/h2-17,20,31H,18-19,21-22H2,1H3,(H,32,34)/b30-20-. The van der Waals surface area contributed by atoms with E-state index in [9.17, 15) is 21.6 Å². The smallest absolute Gasteiger partial charge is 0.255 e. The highest BCUT2D eigenvalue weighted by Gasteiger charge is 2.26. The van der Waals surface area contributed by atoms with Crippen molar-refractivity contribution in [2.75, 3.05) is 13.1 Å². The van der Waals surface area contributed by atoms with Gasteiger partial charge in [0.15, 0.2) is 0 Å². The molecule has 0 unspecified atom stereocenters. The number of sulfonamides is 2. The van der Waals surface area contributed by atoms with Gasteiger partial charge in [0, 0.05) is 6.54 Å². The molecule has 0 saturated heterocycles. The summed E-state index contributed by atoms with van der Waals surface area (Å²) in [7, 11) is -7.65. The lowest BCUT2D eigenvalue weighted by molar-refractivity contribution is -0.121. The first-order chi connectivity index (χ1) is 19.6. The van der Waals surface area contributed by atoms with Crippen molar-refractivity contribution in [3.63, 3.8) is 0 Å². The van der Waals surface area contributed by atoms with Gasteiger partial charge in [-0.1, -0.05) is 66.2 Å². The van der Waals surface area contributed by atoms with Crippen molar-refractivity contribution < 1.29 is 26.0 Å². The van der Waals surface area contributed by atoms with E-state index in [1.165, 1.54) is 30.5 Å². The van der Waals surface area contributed by atoms with Crippen molar-refractivity contribution in [1.29, 1.82) is 0 Å². The highest BCUT2D eigenvalue weighted by molar-refractivity contribution is 7.89. The van der Waals surface area contributed by atoms with E-state index in [1.54, 1.807) is 42.5 Å². The Morgan fingerprint density at radius 3 is 2.20 bits per heavy atom. The van der Waals surface area contributed by atoms with Gasteiger partial charge in [-0.2, -0.15) is 9.41 Å². The third kappa shape index (κ3) is 8.44. The van der Waals surface area contributed by atoms with Crippen molar-refractivity contribution >= 4 is 32.2 Å². The average Bonchev–Trinajstić information content (AvgIpc) is 3.43. The molecule has 0 radical (unpaired) electrons. The molecular weight excluding hydrogens is 564 g/mol. The minimum Gasteiger partial charge on any atom is -0.459 e. The molecule has 4 rings (SSSR count). The minimum absolute atomic E-state index is 0.0792. The number of aryl methyl sites for hydroxylation is 1. The van der Waals surface area contributed by atoms with E-state index in [-0.39, 0.29) is 28.6 Å². The molecular formula is C29H30N4O6S2. The first-order valence-corrected chi connectivity index (χ1v) is 15.6. The van der Waals surface area contributed by atoms with Gasteiger partial charge in [-0.15, -0.1) is 0 Å². The van der Waals surface area contributed by atoms with Crippen LogP contribution in [0.15, 0.2) is 116 Å². The Morgan fingerprint density at radius 2 is 1.51 bits per heavy atom. The van der Waals surface area contributed by atoms with E-state index < -0.39 is 32.5 Å². The quantitative estimate of drug-likeness (QED) is 0.180. The number of carbonyl (C=O) groups excluding carboxylic acids is 1. The fourth-order valence-corrected chi connectivity index (χ4v) is 6.22. The van der Waals surface area contributed by atoms with Crippen LogP contribution in [-0.2, 0) is 37.8 Å². The lowest BCUT2D eigenvalue weighted by atomic mass is 10.1. The summed E-state index contributed by atoms with van der Waals surface area (Å²) in [6.07, 6.45) is 1.67. The summed E-state index contributed by atoms with van der Waals surface area (Å²) < 4.78 is 60.6. The third-order valence-electron chi connectivity index (χ3n) is 6.02. The number of carbonyl (C=O) groups is 1. The maximum absolute atomic E-state index is 13.3. The first-order valence-electron chi connectivity index (χ1n) is 12.7. The van der Waals surface area contributed by atoms with E-state index in [2.05, 4.69) is 15.2 Å². The van der Waals surface area contributed by atoms with Gasteiger partial charge in [0.05, 0.1) is 29.1 Å². The number of rotatable bonds is 13. The molecule has 0 aliphatic heterocycles. The highest BCUT2D eigenvalue weighted by Crippen LogP contribution is 2.16. The number of nitrogens with one attached hydrogen (secondary N) is 2. The van der Waals surface area contributed by atoms with Gasteiger partial charge in [0.1, 0.15) is 11.5 Å². The molecule has 4 aromatic rings. The molecule has 214 valence electrons. The number of furan rings is 1. The number of hydrazone groups is 1. The van der Waals surface area contributed by atoms with Crippen molar-refractivity contribution in [2.24, 2.45) is 5.10 Å². The minimum atomic E-state index is -3.93. The SMILES string of the molecule is Cc1ccc(S(=O)(=O)NCc2ccc(/C=N\NC(=O)CN(CCc3ccccc3)S(=O)(=O)c3ccccc3)o2)cc1. The van der Waals surface area contributed by atoms with Crippen LogP contribution in [0, 0.1) is 6.92 Å². The molecule has 0 aliphatic rings. The summed E-state index contributed by atoms with van der Waals surface area (Å²) in [6.45, 7) is 1.45. The predicted octanol–water partition coefficient (Wildman–Crippen LogP) is 3.45. The number of amides is 1. The second-order valence-electron chi connectivity index (χ2n) is 9.12. The molecule has 1 amide bonds. The van der Waals surface area contributed by atoms with E-state index in [0.717, 1.165) is 15.4 Å². The average molecular weight is 595 g/mol. The molecule has 41 heavy (non-hydrogen) atoms. The molecule has 10 nitrogen and oxygen atoms in total. The maximum atomic E-state index is 13.3. The molecule has 2 N–H and O–H groups in total. The highest BCUT2D eigenvalue weighted by atomic mass is 32.2. The van der Waals surface area contributed by atoms with Crippen molar-refractivity contribution in [3.05, 3.63) is 120 Å². The largest absolute Gasteiger partial charge is 0.459 e. The summed E-state index contributed by atoms with van der Waals surface area (Å²) in [6, 6.07) is 26.9. The van der Waals surface area contributed by atoms with Gasteiger partial charge in [-0.25, -0.2) is 27.0 Å². The zero-order valence-electron chi connectivity index (χ0n) is 22.3. The summed E-state index contributed by atoms with van der Waals surface area (Å²) >= 11 is 0. The summed E-state index contributed by atoms with van der Waals surface area (Å²) in [5.41, 5.74) is 4.21. The third-order valence-corrected chi connectivity index (χ3v) is 9.30. The Kier molecular flexibility index (Phi) is 9.84. The van der Waals surface area contributed by atoms with Gasteiger partial charge >= 0.3 is 0 Å². The van der Waals surface area contributed by atoms with Crippen molar-refractivity contribution in [3.8, 4) is 0 Å². The van der Waals surface area contributed by atoms with Gasteiger partial charge in [0.2, 0.25) is 20.0 Å². The molecule has 0 saturated carbocycles. The molecule has 12 heteroatoms. The van der Waals surface area contributed by atoms with E-state index in [0.29, 0.717) is 12.2 Å². The van der Waals surface area contributed by atoms with E-state index in [4.69, 9.17) is 4.42 Å². The van der Waals surface area contributed by atoms with Crippen LogP contribution < -0.4 is 10.1 Å². The zero-order chi connectivity index (χ0) is 29.3. The van der Waals surface area contributed by atoms with E-state index in [1.807, 2.05) is 37.3 Å². The van der Waals surface area contributed by atoms with Crippen molar-refractivity contribution in [2.45, 2.75) is 29.7 Å². The fourth-order valence-electron chi connectivity index (χ4n) is 3.81. The molecule has 3 aromatic carbocycles. The molecule has 0 aliphatic carbocycles. The normalized spacial score (nSPS) is 12.1. The second kappa shape index (κ2) is 13.5. The molecule has 0 bridgehead atoms. The molecule has 0 spiro atoms. The number of benzene rings is 3. The van der Waals surface area contributed by atoms with Crippen LogP contribution in [0.4, 0.5) is 0 Å². The van der Waals surface area contributed by atoms with Gasteiger partial charge in [-0.3, -0.25) is 4.79 Å². The molecule has 1 heterocycles. The summed E-state index contributed by atoms with van der Waals surface area (Å²) in [5.74, 6) is -0.0198. The zero-order valence-corrected chi connectivity index (χ0v) is 23.9.